The normalized spacial score (nSPS) is 12.7. The van der Waals surface area contributed by atoms with E-state index in [1.807, 2.05) is 30.5 Å². The molecule has 0 aliphatic heterocycles. The van der Waals surface area contributed by atoms with E-state index in [1.54, 1.807) is 0 Å². The summed E-state index contributed by atoms with van der Waals surface area (Å²) in [6.45, 7) is 2.24. The molecule has 0 fully saturated rings. The first-order valence-electron chi connectivity index (χ1n) is 8.03. The van der Waals surface area contributed by atoms with Crippen molar-refractivity contribution in [2.45, 2.75) is 57.9 Å². The lowest BCUT2D eigenvalue weighted by Crippen LogP contribution is -2.28. The SMILES string of the molecule is CCCCCCCCC(NN)c1cnc2ccccc2n1. The molecule has 0 saturated carbocycles. The van der Waals surface area contributed by atoms with Gasteiger partial charge in [-0.25, -0.2) is 4.98 Å². The molecule has 0 amide bonds. The lowest BCUT2D eigenvalue weighted by Gasteiger charge is -2.15. The minimum atomic E-state index is 0.0910. The van der Waals surface area contributed by atoms with Gasteiger partial charge >= 0.3 is 0 Å². The zero-order valence-corrected chi connectivity index (χ0v) is 12.9. The molecule has 114 valence electrons. The molecule has 2 aromatic rings. The van der Waals surface area contributed by atoms with Crippen molar-refractivity contribution in [2.75, 3.05) is 0 Å². The highest BCUT2D eigenvalue weighted by molar-refractivity contribution is 5.73. The molecular formula is C17H26N4. The number of nitrogens with one attached hydrogen (secondary N) is 1. The molecule has 1 aromatic heterocycles. The number of nitrogens with zero attached hydrogens (tertiary/aromatic N) is 2. The number of rotatable bonds is 9. The second-order valence-corrected chi connectivity index (χ2v) is 5.56. The summed E-state index contributed by atoms with van der Waals surface area (Å²) in [7, 11) is 0. The highest BCUT2D eigenvalue weighted by Gasteiger charge is 2.12. The van der Waals surface area contributed by atoms with E-state index in [2.05, 4.69) is 22.3 Å². The number of aromatic nitrogens is 2. The Labute approximate surface area is 127 Å². The van der Waals surface area contributed by atoms with E-state index < -0.39 is 0 Å². The molecule has 0 spiro atoms. The van der Waals surface area contributed by atoms with Crippen LogP contribution in [0.1, 0.15) is 63.6 Å². The number of unbranched alkanes of at least 4 members (excludes halogenated alkanes) is 5. The molecule has 4 nitrogen and oxygen atoms in total. The van der Waals surface area contributed by atoms with Crippen LogP contribution in [0.25, 0.3) is 11.0 Å². The Balaban J connectivity index is 1.89. The van der Waals surface area contributed by atoms with Crippen LogP contribution in [0.2, 0.25) is 0 Å². The van der Waals surface area contributed by atoms with Crippen molar-refractivity contribution in [1.29, 1.82) is 0 Å². The second-order valence-electron chi connectivity index (χ2n) is 5.56. The highest BCUT2D eigenvalue weighted by Crippen LogP contribution is 2.19. The van der Waals surface area contributed by atoms with Gasteiger partial charge in [-0.15, -0.1) is 0 Å². The molecule has 0 saturated heterocycles. The Bertz CT molecular complexity index is 541. The Morgan fingerprint density at radius 3 is 2.52 bits per heavy atom. The molecule has 21 heavy (non-hydrogen) atoms. The van der Waals surface area contributed by atoms with Gasteiger partial charge in [-0.2, -0.15) is 0 Å². The molecule has 1 heterocycles. The van der Waals surface area contributed by atoms with Crippen LogP contribution in [-0.4, -0.2) is 9.97 Å². The number of hydrazine groups is 1. The van der Waals surface area contributed by atoms with Crippen LogP contribution in [0.15, 0.2) is 30.5 Å². The number of nitrogens with two attached hydrogens (primary N) is 1. The van der Waals surface area contributed by atoms with E-state index in [0.717, 1.165) is 23.1 Å². The van der Waals surface area contributed by atoms with E-state index in [-0.39, 0.29) is 6.04 Å². The van der Waals surface area contributed by atoms with Crippen LogP contribution in [0, 0.1) is 0 Å². The molecule has 1 aromatic carbocycles. The molecule has 0 radical (unpaired) electrons. The van der Waals surface area contributed by atoms with Crippen LogP contribution in [0.4, 0.5) is 0 Å². The summed E-state index contributed by atoms with van der Waals surface area (Å²) in [5, 5.41) is 0. The number of fused-ring (bicyclic) bond motifs is 1. The van der Waals surface area contributed by atoms with E-state index in [1.165, 1.54) is 38.5 Å². The first kappa shape index (κ1) is 15.9. The topological polar surface area (TPSA) is 63.8 Å². The largest absolute Gasteiger partial charge is 0.271 e. The highest BCUT2D eigenvalue weighted by atomic mass is 15.2. The van der Waals surface area contributed by atoms with E-state index >= 15 is 0 Å². The van der Waals surface area contributed by atoms with Crippen molar-refractivity contribution in [3.8, 4) is 0 Å². The fraction of sp³-hybridized carbons (Fsp3) is 0.529. The van der Waals surface area contributed by atoms with Crippen LogP contribution < -0.4 is 11.3 Å². The van der Waals surface area contributed by atoms with Crippen molar-refractivity contribution in [3.63, 3.8) is 0 Å². The number of benzene rings is 1. The summed E-state index contributed by atoms with van der Waals surface area (Å²) < 4.78 is 0. The molecular weight excluding hydrogens is 260 g/mol. The summed E-state index contributed by atoms with van der Waals surface area (Å²) in [5.41, 5.74) is 5.67. The molecule has 0 aliphatic carbocycles. The smallest absolute Gasteiger partial charge is 0.0890 e. The van der Waals surface area contributed by atoms with Gasteiger partial charge in [0.05, 0.1) is 29.0 Å². The van der Waals surface area contributed by atoms with E-state index in [9.17, 15) is 0 Å². The molecule has 0 aliphatic rings. The lowest BCUT2D eigenvalue weighted by molar-refractivity contribution is 0.468. The summed E-state index contributed by atoms with van der Waals surface area (Å²) >= 11 is 0. The van der Waals surface area contributed by atoms with Crippen molar-refractivity contribution in [2.24, 2.45) is 5.84 Å². The van der Waals surface area contributed by atoms with Gasteiger partial charge in [-0.1, -0.05) is 57.6 Å². The Morgan fingerprint density at radius 2 is 1.76 bits per heavy atom. The third-order valence-electron chi connectivity index (χ3n) is 3.87. The predicted molar refractivity (Wildman–Crippen MR) is 87.6 cm³/mol. The first-order valence-corrected chi connectivity index (χ1v) is 8.03. The average molecular weight is 286 g/mol. The molecule has 4 heteroatoms. The fourth-order valence-electron chi connectivity index (χ4n) is 2.58. The van der Waals surface area contributed by atoms with Gasteiger partial charge in [0.25, 0.3) is 0 Å². The monoisotopic (exact) mass is 286 g/mol. The Morgan fingerprint density at radius 1 is 1.05 bits per heavy atom. The lowest BCUT2D eigenvalue weighted by atomic mass is 10.0. The maximum atomic E-state index is 5.69. The summed E-state index contributed by atoms with van der Waals surface area (Å²) in [5.74, 6) is 5.69. The van der Waals surface area contributed by atoms with Crippen LogP contribution in [0.5, 0.6) is 0 Å². The van der Waals surface area contributed by atoms with Gasteiger partial charge in [-0.05, 0) is 18.6 Å². The minimum absolute atomic E-state index is 0.0910. The maximum absolute atomic E-state index is 5.69. The summed E-state index contributed by atoms with van der Waals surface area (Å²) in [6, 6.07) is 8.02. The molecule has 0 bridgehead atoms. The van der Waals surface area contributed by atoms with Gasteiger partial charge in [0, 0.05) is 0 Å². The standard InChI is InChI=1S/C17H26N4/c1-2-3-4-5-6-7-12-16(21-18)17-13-19-14-10-8-9-11-15(14)20-17/h8-11,13,16,21H,2-7,12,18H2,1H3. The molecule has 3 N–H and O–H groups in total. The average Bonchev–Trinajstić information content (AvgIpc) is 2.54. The van der Waals surface area contributed by atoms with Crippen molar-refractivity contribution < 1.29 is 0 Å². The zero-order valence-electron chi connectivity index (χ0n) is 12.9. The quantitative estimate of drug-likeness (QED) is 0.417. The van der Waals surface area contributed by atoms with Crippen LogP contribution in [-0.2, 0) is 0 Å². The van der Waals surface area contributed by atoms with Crippen molar-refractivity contribution in [3.05, 3.63) is 36.2 Å². The van der Waals surface area contributed by atoms with Gasteiger partial charge in [0.15, 0.2) is 0 Å². The Kier molecular flexibility index (Phi) is 6.57. The van der Waals surface area contributed by atoms with Crippen LogP contribution in [0.3, 0.4) is 0 Å². The zero-order chi connectivity index (χ0) is 14.9. The number of hydrogen-bond acceptors (Lipinski definition) is 4. The maximum Gasteiger partial charge on any atom is 0.0890 e. The molecule has 1 atom stereocenters. The van der Waals surface area contributed by atoms with Gasteiger partial charge in [0.2, 0.25) is 0 Å². The van der Waals surface area contributed by atoms with Crippen LogP contribution >= 0.6 is 0 Å². The Hall–Kier alpha value is -1.52. The number of para-hydroxylation sites is 2. The van der Waals surface area contributed by atoms with E-state index in [4.69, 9.17) is 5.84 Å². The van der Waals surface area contributed by atoms with Gasteiger partial charge < -0.3 is 0 Å². The van der Waals surface area contributed by atoms with Gasteiger partial charge in [0.1, 0.15) is 0 Å². The van der Waals surface area contributed by atoms with Gasteiger partial charge in [-0.3, -0.25) is 16.3 Å². The molecule has 2 rings (SSSR count). The third kappa shape index (κ3) is 4.76. The third-order valence-corrected chi connectivity index (χ3v) is 3.87. The summed E-state index contributed by atoms with van der Waals surface area (Å²) in [6.07, 6.45) is 10.6. The summed E-state index contributed by atoms with van der Waals surface area (Å²) in [4.78, 5) is 9.13. The number of hydrogen-bond donors (Lipinski definition) is 2. The predicted octanol–water partition coefficient (Wildman–Crippen LogP) is 3.88. The fourth-order valence-corrected chi connectivity index (χ4v) is 2.58. The van der Waals surface area contributed by atoms with Crippen molar-refractivity contribution >= 4 is 11.0 Å². The second kappa shape index (κ2) is 8.70. The minimum Gasteiger partial charge on any atom is -0.271 e. The molecule has 1 unspecified atom stereocenters. The van der Waals surface area contributed by atoms with Crippen molar-refractivity contribution in [1.82, 2.24) is 15.4 Å². The van der Waals surface area contributed by atoms with E-state index in [0.29, 0.717) is 0 Å². The first-order chi connectivity index (χ1) is 10.3.